The second-order valence-electron chi connectivity index (χ2n) is 2.81. The fourth-order valence-corrected chi connectivity index (χ4v) is 1.09. The van der Waals surface area contributed by atoms with Crippen LogP contribution in [0.15, 0.2) is 24.3 Å². The van der Waals surface area contributed by atoms with Crippen LogP contribution in [0, 0.1) is 0 Å². The van der Waals surface area contributed by atoms with E-state index in [2.05, 4.69) is 0 Å². The van der Waals surface area contributed by atoms with E-state index in [1.54, 1.807) is 19.3 Å². The highest BCUT2D eigenvalue weighted by molar-refractivity contribution is 5.63. The molecule has 0 fully saturated rings. The molecule has 0 saturated heterocycles. The van der Waals surface area contributed by atoms with Crippen LogP contribution in [-0.4, -0.2) is 13.4 Å². The lowest BCUT2D eigenvalue weighted by molar-refractivity contribution is -0.107. The van der Waals surface area contributed by atoms with Gasteiger partial charge in [0.05, 0.1) is 12.8 Å². The second kappa shape index (κ2) is 5.07. The van der Waals surface area contributed by atoms with E-state index < -0.39 is 0 Å². The molecule has 0 aromatic heterocycles. The van der Waals surface area contributed by atoms with Crippen LogP contribution in [0.4, 0.5) is 5.69 Å². The van der Waals surface area contributed by atoms with Crippen molar-refractivity contribution in [1.29, 1.82) is 0 Å². The van der Waals surface area contributed by atoms with Gasteiger partial charge in [-0.15, -0.1) is 0 Å². The van der Waals surface area contributed by atoms with Crippen LogP contribution in [0.25, 0.3) is 6.08 Å². The smallest absolute Gasteiger partial charge is 0.142 e. The summed E-state index contributed by atoms with van der Waals surface area (Å²) in [7, 11) is 1.57. The number of carbonyl (C=O) groups is 1. The molecule has 3 nitrogen and oxygen atoms in total. The highest BCUT2D eigenvalue weighted by atomic mass is 16.5. The Morgan fingerprint density at radius 2 is 2.29 bits per heavy atom. The highest BCUT2D eigenvalue weighted by Gasteiger charge is 1.97. The van der Waals surface area contributed by atoms with Gasteiger partial charge < -0.3 is 15.3 Å². The monoisotopic (exact) mass is 191 g/mol. The van der Waals surface area contributed by atoms with E-state index in [-0.39, 0.29) is 0 Å². The molecule has 0 spiro atoms. The molecule has 0 bridgehead atoms. The van der Waals surface area contributed by atoms with Gasteiger partial charge in [-0.2, -0.15) is 0 Å². The number of hydrogen-bond acceptors (Lipinski definition) is 3. The van der Waals surface area contributed by atoms with Gasteiger partial charge in [0.2, 0.25) is 0 Å². The zero-order valence-electron chi connectivity index (χ0n) is 8.07. The minimum atomic E-state index is 0.423. The predicted octanol–water partition coefficient (Wildman–Crippen LogP) is 1.88. The molecular formula is C11H13NO2. The third kappa shape index (κ3) is 2.62. The summed E-state index contributed by atoms with van der Waals surface area (Å²) in [6, 6.07) is 5.48. The number of methoxy groups -OCH3 is 1. The predicted molar refractivity (Wildman–Crippen MR) is 57.1 cm³/mol. The molecule has 2 N–H and O–H groups in total. The maximum absolute atomic E-state index is 10.1. The summed E-state index contributed by atoms with van der Waals surface area (Å²) >= 11 is 0. The van der Waals surface area contributed by atoms with Crippen molar-refractivity contribution in [1.82, 2.24) is 0 Å². The quantitative estimate of drug-likeness (QED) is 0.584. The summed E-state index contributed by atoms with van der Waals surface area (Å²) in [4.78, 5) is 10.1. The first kappa shape index (κ1) is 10.3. The molecule has 1 aromatic carbocycles. The first-order valence-electron chi connectivity index (χ1n) is 4.31. The molecule has 0 amide bonds. The molecule has 0 unspecified atom stereocenters. The van der Waals surface area contributed by atoms with Crippen molar-refractivity contribution < 1.29 is 9.53 Å². The number of benzene rings is 1. The van der Waals surface area contributed by atoms with Crippen LogP contribution >= 0.6 is 0 Å². The number of aldehydes is 1. The summed E-state index contributed by atoms with van der Waals surface area (Å²) in [6.07, 6.45) is 4.92. The SMILES string of the molecule is COc1cc(C=CCC=O)ccc1N. The molecule has 0 atom stereocenters. The van der Waals surface area contributed by atoms with Crippen molar-refractivity contribution in [3.05, 3.63) is 29.8 Å². The lowest BCUT2D eigenvalue weighted by Gasteiger charge is -2.04. The first-order valence-corrected chi connectivity index (χ1v) is 4.31. The fourth-order valence-electron chi connectivity index (χ4n) is 1.09. The van der Waals surface area contributed by atoms with E-state index in [1.165, 1.54) is 0 Å². The van der Waals surface area contributed by atoms with Crippen molar-refractivity contribution in [2.45, 2.75) is 6.42 Å². The molecule has 1 aromatic rings. The van der Waals surface area contributed by atoms with Gasteiger partial charge in [0, 0.05) is 6.42 Å². The van der Waals surface area contributed by atoms with Gasteiger partial charge in [0.25, 0.3) is 0 Å². The summed E-state index contributed by atoms with van der Waals surface area (Å²) in [5.41, 5.74) is 7.23. The molecule has 1 rings (SSSR count). The summed E-state index contributed by atoms with van der Waals surface area (Å²) < 4.78 is 5.06. The number of anilines is 1. The Labute approximate surface area is 83.2 Å². The van der Waals surface area contributed by atoms with Crippen molar-refractivity contribution in [3.63, 3.8) is 0 Å². The number of allylic oxidation sites excluding steroid dienone is 1. The van der Waals surface area contributed by atoms with Crippen LogP contribution in [0.1, 0.15) is 12.0 Å². The van der Waals surface area contributed by atoms with Crippen LogP contribution in [-0.2, 0) is 4.79 Å². The number of nitrogen functional groups attached to an aromatic ring is 1. The van der Waals surface area contributed by atoms with Gasteiger partial charge >= 0.3 is 0 Å². The number of carbonyl (C=O) groups excluding carboxylic acids is 1. The lowest BCUT2D eigenvalue weighted by Crippen LogP contribution is -1.91. The van der Waals surface area contributed by atoms with E-state index in [4.69, 9.17) is 10.5 Å². The summed E-state index contributed by atoms with van der Waals surface area (Å²) in [6.45, 7) is 0. The Bertz CT molecular complexity index is 345. The van der Waals surface area contributed by atoms with Crippen LogP contribution in [0.5, 0.6) is 5.75 Å². The number of hydrogen-bond donors (Lipinski definition) is 1. The molecule has 0 aliphatic heterocycles. The molecule has 0 heterocycles. The molecule has 0 aliphatic rings. The summed E-state index contributed by atoms with van der Waals surface area (Å²) in [5.74, 6) is 0.651. The van der Waals surface area contributed by atoms with Crippen LogP contribution in [0.2, 0.25) is 0 Å². The Morgan fingerprint density at radius 1 is 1.50 bits per heavy atom. The van der Waals surface area contributed by atoms with E-state index in [1.807, 2.05) is 18.2 Å². The molecule has 0 saturated carbocycles. The van der Waals surface area contributed by atoms with E-state index in [0.717, 1.165) is 11.8 Å². The van der Waals surface area contributed by atoms with Crippen molar-refractivity contribution in [2.75, 3.05) is 12.8 Å². The topological polar surface area (TPSA) is 52.3 Å². The van der Waals surface area contributed by atoms with Crippen molar-refractivity contribution >= 4 is 18.0 Å². The van der Waals surface area contributed by atoms with Gasteiger partial charge in [-0.25, -0.2) is 0 Å². The minimum Gasteiger partial charge on any atom is -0.495 e. The average Bonchev–Trinajstić information content (AvgIpc) is 2.21. The standard InChI is InChI=1S/C11H13NO2/c1-14-11-8-9(4-2-3-7-13)5-6-10(11)12/h2,4-8H,3,12H2,1H3. The molecule has 3 heteroatoms. The van der Waals surface area contributed by atoms with E-state index >= 15 is 0 Å². The van der Waals surface area contributed by atoms with Gasteiger partial charge in [-0.05, 0) is 17.7 Å². The number of rotatable bonds is 4. The fraction of sp³-hybridized carbons (Fsp3) is 0.182. The lowest BCUT2D eigenvalue weighted by atomic mass is 10.1. The van der Waals surface area contributed by atoms with Crippen molar-refractivity contribution in [3.8, 4) is 5.75 Å². The third-order valence-electron chi connectivity index (χ3n) is 1.80. The number of ether oxygens (including phenoxy) is 1. The normalized spacial score (nSPS) is 10.4. The van der Waals surface area contributed by atoms with E-state index in [9.17, 15) is 4.79 Å². The number of nitrogens with two attached hydrogens (primary N) is 1. The second-order valence-corrected chi connectivity index (χ2v) is 2.81. The van der Waals surface area contributed by atoms with E-state index in [0.29, 0.717) is 17.9 Å². The minimum absolute atomic E-state index is 0.423. The highest BCUT2D eigenvalue weighted by Crippen LogP contribution is 2.22. The first-order chi connectivity index (χ1) is 6.77. The average molecular weight is 191 g/mol. The Kier molecular flexibility index (Phi) is 3.73. The largest absolute Gasteiger partial charge is 0.495 e. The van der Waals surface area contributed by atoms with Gasteiger partial charge in [0.1, 0.15) is 12.0 Å². The van der Waals surface area contributed by atoms with Gasteiger partial charge in [-0.3, -0.25) is 0 Å². The van der Waals surface area contributed by atoms with Crippen LogP contribution in [0.3, 0.4) is 0 Å². The maximum Gasteiger partial charge on any atom is 0.142 e. The maximum atomic E-state index is 10.1. The molecular weight excluding hydrogens is 178 g/mol. The molecule has 74 valence electrons. The Hall–Kier alpha value is -1.77. The van der Waals surface area contributed by atoms with Gasteiger partial charge in [0.15, 0.2) is 0 Å². The zero-order valence-corrected chi connectivity index (χ0v) is 8.07. The molecule has 0 radical (unpaired) electrons. The van der Waals surface area contributed by atoms with Crippen LogP contribution < -0.4 is 10.5 Å². The third-order valence-corrected chi connectivity index (χ3v) is 1.80. The Morgan fingerprint density at radius 3 is 2.93 bits per heavy atom. The van der Waals surface area contributed by atoms with Gasteiger partial charge in [-0.1, -0.05) is 18.2 Å². The summed E-state index contributed by atoms with van der Waals surface area (Å²) in [5, 5.41) is 0. The Balaban J connectivity index is 2.83. The molecule has 0 aliphatic carbocycles. The molecule has 14 heavy (non-hydrogen) atoms. The zero-order chi connectivity index (χ0) is 10.4. The van der Waals surface area contributed by atoms with Crippen molar-refractivity contribution in [2.24, 2.45) is 0 Å².